The number of likely N-dealkylation sites (tertiary alicyclic amines) is 1. The van der Waals surface area contributed by atoms with Crippen molar-refractivity contribution in [3.8, 4) is 22.8 Å². The van der Waals surface area contributed by atoms with Gasteiger partial charge in [0.15, 0.2) is 0 Å². The molecule has 2 heterocycles. The summed E-state index contributed by atoms with van der Waals surface area (Å²) in [5.41, 5.74) is 2.95. The summed E-state index contributed by atoms with van der Waals surface area (Å²) in [7, 11) is -0.0768. The summed E-state index contributed by atoms with van der Waals surface area (Å²) in [6, 6.07) is 18.1. The second-order valence-corrected chi connectivity index (χ2v) is 11.8. The molecule has 1 fully saturated rings. The largest absolute Gasteiger partial charge is 0.489 e. The first-order chi connectivity index (χ1) is 19.1. The topological polar surface area (TPSA) is 118 Å². The van der Waals surface area contributed by atoms with E-state index in [1.807, 2.05) is 46.0 Å². The molecule has 1 aliphatic rings. The predicted molar refractivity (Wildman–Crippen MR) is 152 cm³/mol. The zero-order valence-electron chi connectivity index (χ0n) is 22.9. The van der Waals surface area contributed by atoms with Gasteiger partial charge in [0.25, 0.3) is 5.91 Å². The Morgan fingerprint density at radius 2 is 1.73 bits per heavy atom. The van der Waals surface area contributed by atoms with Crippen molar-refractivity contribution in [1.82, 2.24) is 19.5 Å². The third-order valence-corrected chi connectivity index (χ3v) is 7.09. The molecule has 1 aromatic heterocycles. The zero-order valence-corrected chi connectivity index (χ0v) is 23.7. The molecule has 2 aromatic carbocycles. The Kier molecular flexibility index (Phi) is 9.26. The summed E-state index contributed by atoms with van der Waals surface area (Å²) in [5.74, 6) is 0.959. The molecule has 0 spiro atoms. The first-order valence-electron chi connectivity index (χ1n) is 13.0. The predicted octanol–water partition coefficient (Wildman–Crippen LogP) is 3.79. The molecule has 3 aromatic rings. The zero-order chi connectivity index (χ0) is 28.7. The van der Waals surface area contributed by atoms with Gasteiger partial charge in [0.05, 0.1) is 12.9 Å². The first-order valence-corrected chi connectivity index (χ1v) is 14.9. The molecule has 0 aliphatic carbocycles. The molecule has 0 radical (unpaired) electrons. The highest BCUT2D eigenvalue weighted by molar-refractivity contribution is 7.89. The molecule has 1 saturated heterocycles. The number of benzene rings is 2. The molecule has 212 valence electrons. The second kappa shape index (κ2) is 12.8. The van der Waals surface area contributed by atoms with Crippen molar-refractivity contribution in [1.29, 1.82) is 0 Å². The van der Waals surface area contributed by atoms with E-state index in [9.17, 15) is 18.0 Å². The Hall–Kier alpha value is -4.12. The Morgan fingerprint density at radius 3 is 2.35 bits per heavy atom. The minimum Gasteiger partial charge on any atom is -0.489 e. The number of ether oxygens (including phenoxy) is 2. The second-order valence-electron chi connectivity index (χ2n) is 10.0. The number of hydrogen-bond acceptors (Lipinski definition) is 7. The number of nitrogens with zero attached hydrogens (tertiary/aromatic N) is 3. The lowest BCUT2D eigenvalue weighted by atomic mass is 9.98. The standard InChI is InChI=1S/C29H34N4O6S/c1-32(2)29(35)33-15-13-22(14-16-33)20-39-27-12-11-25(18-30-27)24-5-4-6-26(17-24)38-19-21-7-9-23(10-8-21)28(34)31-40(3,36)37/h4-12,17-18,22H,13-16,19-20H2,1-3H3,(H,31,34). The Morgan fingerprint density at radius 1 is 1.00 bits per heavy atom. The molecule has 4 rings (SSSR count). The van der Waals surface area contributed by atoms with Crippen LogP contribution >= 0.6 is 0 Å². The smallest absolute Gasteiger partial charge is 0.319 e. The number of sulfonamides is 1. The summed E-state index contributed by atoms with van der Waals surface area (Å²) in [6.07, 6.45) is 4.52. The Balaban J connectivity index is 1.27. The van der Waals surface area contributed by atoms with Crippen LogP contribution in [0.15, 0.2) is 66.9 Å². The van der Waals surface area contributed by atoms with E-state index in [0.717, 1.165) is 48.9 Å². The van der Waals surface area contributed by atoms with Crippen molar-refractivity contribution in [2.24, 2.45) is 5.92 Å². The third-order valence-electron chi connectivity index (χ3n) is 6.54. The highest BCUT2D eigenvalue weighted by Gasteiger charge is 2.24. The molecule has 10 nitrogen and oxygen atoms in total. The summed E-state index contributed by atoms with van der Waals surface area (Å²) in [4.78, 5) is 32.0. The van der Waals surface area contributed by atoms with Gasteiger partial charge >= 0.3 is 6.03 Å². The maximum absolute atomic E-state index is 12.1. The molecule has 0 bridgehead atoms. The average Bonchev–Trinajstić information content (AvgIpc) is 2.94. The SMILES string of the molecule is CN(C)C(=O)N1CCC(COc2ccc(-c3cccc(OCc4ccc(C(=O)NS(C)(=O)=O)cc4)c3)cn2)CC1. The van der Waals surface area contributed by atoms with Crippen molar-refractivity contribution >= 4 is 22.0 Å². The van der Waals surface area contributed by atoms with Gasteiger partial charge in [-0.1, -0.05) is 24.3 Å². The van der Waals surface area contributed by atoms with Crippen molar-refractivity contribution in [3.63, 3.8) is 0 Å². The van der Waals surface area contributed by atoms with Crippen LogP contribution in [0.4, 0.5) is 4.79 Å². The molecule has 40 heavy (non-hydrogen) atoms. The fraction of sp³-hybridized carbons (Fsp3) is 0.345. The van der Waals surface area contributed by atoms with Crippen LogP contribution in [0.5, 0.6) is 11.6 Å². The molecule has 0 saturated carbocycles. The summed E-state index contributed by atoms with van der Waals surface area (Å²) < 4.78 is 36.3. The van der Waals surface area contributed by atoms with Crippen LogP contribution in [0.25, 0.3) is 11.1 Å². The minimum absolute atomic E-state index is 0.0548. The van der Waals surface area contributed by atoms with Gasteiger partial charge in [-0.05, 0) is 60.2 Å². The van der Waals surface area contributed by atoms with E-state index in [0.29, 0.717) is 24.2 Å². The highest BCUT2D eigenvalue weighted by atomic mass is 32.2. The Bertz CT molecular complexity index is 1420. The lowest BCUT2D eigenvalue weighted by Gasteiger charge is -2.33. The number of amides is 3. The number of nitrogens with one attached hydrogen (secondary N) is 1. The molecule has 11 heteroatoms. The van der Waals surface area contributed by atoms with Crippen molar-refractivity contribution in [2.45, 2.75) is 19.4 Å². The van der Waals surface area contributed by atoms with Gasteiger partial charge < -0.3 is 19.3 Å². The van der Waals surface area contributed by atoms with Gasteiger partial charge in [0.1, 0.15) is 12.4 Å². The number of urea groups is 1. The Labute approximate surface area is 235 Å². The van der Waals surface area contributed by atoms with Crippen LogP contribution in [0.1, 0.15) is 28.8 Å². The minimum atomic E-state index is -3.62. The number of piperidine rings is 1. The van der Waals surface area contributed by atoms with Crippen LogP contribution in [0.2, 0.25) is 0 Å². The van der Waals surface area contributed by atoms with E-state index in [-0.39, 0.29) is 18.2 Å². The molecule has 1 N–H and O–H groups in total. The monoisotopic (exact) mass is 566 g/mol. The van der Waals surface area contributed by atoms with Crippen LogP contribution in [0.3, 0.4) is 0 Å². The van der Waals surface area contributed by atoms with E-state index in [2.05, 4.69) is 4.98 Å². The summed E-state index contributed by atoms with van der Waals surface area (Å²) in [6.45, 7) is 2.33. The fourth-order valence-electron chi connectivity index (χ4n) is 4.33. The third kappa shape index (κ3) is 8.19. The summed E-state index contributed by atoms with van der Waals surface area (Å²) in [5, 5.41) is 0. The molecule has 0 atom stereocenters. The van der Waals surface area contributed by atoms with Crippen LogP contribution in [-0.2, 0) is 16.6 Å². The fourth-order valence-corrected chi connectivity index (χ4v) is 4.78. The normalized spacial score (nSPS) is 13.9. The number of rotatable bonds is 9. The molecule has 0 unspecified atom stereocenters. The quantitative estimate of drug-likeness (QED) is 0.419. The van der Waals surface area contributed by atoms with Crippen molar-refractivity contribution in [2.75, 3.05) is 40.0 Å². The van der Waals surface area contributed by atoms with Gasteiger partial charge in [-0.25, -0.2) is 22.9 Å². The van der Waals surface area contributed by atoms with E-state index in [1.165, 1.54) is 0 Å². The number of pyridine rings is 1. The number of carbonyl (C=O) groups is 2. The van der Waals surface area contributed by atoms with Gasteiger partial charge in [-0.3, -0.25) is 4.79 Å². The van der Waals surface area contributed by atoms with Crippen molar-refractivity contribution < 1.29 is 27.5 Å². The van der Waals surface area contributed by atoms with Crippen LogP contribution < -0.4 is 14.2 Å². The number of aromatic nitrogens is 1. The van der Waals surface area contributed by atoms with E-state index >= 15 is 0 Å². The van der Waals surface area contributed by atoms with Crippen molar-refractivity contribution in [3.05, 3.63) is 78.0 Å². The maximum Gasteiger partial charge on any atom is 0.319 e. The van der Waals surface area contributed by atoms with E-state index in [1.54, 1.807) is 49.5 Å². The van der Waals surface area contributed by atoms with Gasteiger partial charge in [0, 0.05) is 50.6 Å². The maximum atomic E-state index is 12.1. The van der Waals surface area contributed by atoms with E-state index < -0.39 is 15.9 Å². The molecule has 1 aliphatic heterocycles. The van der Waals surface area contributed by atoms with Gasteiger partial charge in [-0.15, -0.1) is 0 Å². The average molecular weight is 567 g/mol. The van der Waals surface area contributed by atoms with Gasteiger partial charge in [0.2, 0.25) is 15.9 Å². The number of carbonyl (C=O) groups excluding carboxylic acids is 2. The molecular weight excluding hydrogens is 532 g/mol. The lowest BCUT2D eigenvalue weighted by Crippen LogP contribution is -2.44. The number of hydrogen-bond donors (Lipinski definition) is 1. The first kappa shape index (κ1) is 28.9. The van der Waals surface area contributed by atoms with Crippen LogP contribution in [0, 0.1) is 5.92 Å². The lowest BCUT2D eigenvalue weighted by molar-refractivity contribution is 0.0981. The van der Waals surface area contributed by atoms with Gasteiger partial charge in [-0.2, -0.15) is 0 Å². The van der Waals surface area contributed by atoms with Crippen LogP contribution in [-0.4, -0.2) is 75.2 Å². The molecular formula is C29H34N4O6S. The van der Waals surface area contributed by atoms with E-state index in [4.69, 9.17) is 9.47 Å². The molecule has 3 amide bonds. The highest BCUT2D eigenvalue weighted by Crippen LogP contribution is 2.26. The summed E-state index contributed by atoms with van der Waals surface area (Å²) >= 11 is 0.